The number of carbonyl (C=O) groups excluding carboxylic acids is 1. The Balaban J connectivity index is 1.69. The van der Waals surface area contributed by atoms with Crippen molar-refractivity contribution in [3.8, 4) is 11.3 Å². The number of anilines is 1. The molecule has 158 valence electrons. The van der Waals surface area contributed by atoms with Crippen molar-refractivity contribution < 1.29 is 13.2 Å². The van der Waals surface area contributed by atoms with Gasteiger partial charge in [0.2, 0.25) is 10.0 Å². The molecule has 6 nitrogen and oxygen atoms in total. The van der Waals surface area contributed by atoms with E-state index in [1.807, 2.05) is 43.5 Å². The van der Waals surface area contributed by atoms with E-state index in [2.05, 4.69) is 10.3 Å². The fourth-order valence-electron chi connectivity index (χ4n) is 2.82. The first-order valence-corrected chi connectivity index (χ1v) is 12.0. The lowest BCUT2D eigenvalue weighted by atomic mass is 10.1. The molecule has 0 spiro atoms. The van der Waals surface area contributed by atoms with E-state index in [9.17, 15) is 13.2 Å². The number of thiazole rings is 1. The van der Waals surface area contributed by atoms with Crippen molar-refractivity contribution >= 4 is 32.4 Å². The van der Waals surface area contributed by atoms with Crippen LogP contribution in [0.25, 0.3) is 11.3 Å². The van der Waals surface area contributed by atoms with Crippen LogP contribution in [0.2, 0.25) is 0 Å². The number of aryl methyl sites for hydroxylation is 1. The maximum Gasteiger partial charge on any atom is 0.257 e. The van der Waals surface area contributed by atoms with Gasteiger partial charge < -0.3 is 0 Å². The van der Waals surface area contributed by atoms with Gasteiger partial charge in [0.25, 0.3) is 5.91 Å². The molecule has 3 aromatic rings. The first kappa shape index (κ1) is 22.1. The van der Waals surface area contributed by atoms with Gasteiger partial charge in [-0.1, -0.05) is 43.2 Å². The van der Waals surface area contributed by atoms with Crippen molar-refractivity contribution in [3.05, 3.63) is 65.0 Å². The molecule has 0 atom stereocenters. The zero-order valence-electron chi connectivity index (χ0n) is 17.3. The highest BCUT2D eigenvalue weighted by molar-refractivity contribution is 7.89. The van der Waals surface area contributed by atoms with Gasteiger partial charge in [-0.15, -0.1) is 11.3 Å². The van der Waals surface area contributed by atoms with Crippen LogP contribution in [0, 0.1) is 6.92 Å². The number of amides is 1. The summed E-state index contributed by atoms with van der Waals surface area (Å²) in [6, 6.07) is 14.0. The van der Waals surface area contributed by atoms with Crippen LogP contribution in [-0.4, -0.2) is 37.2 Å². The highest BCUT2D eigenvalue weighted by atomic mass is 32.2. The van der Waals surface area contributed by atoms with Gasteiger partial charge in [-0.25, -0.2) is 17.7 Å². The average molecular weight is 444 g/mol. The first-order chi connectivity index (χ1) is 14.3. The molecule has 0 saturated carbocycles. The monoisotopic (exact) mass is 443 g/mol. The molecule has 30 heavy (non-hydrogen) atoms. The number of nitrogens with zero attached hydrogens (tertiary/aromatic N) is 2. The molecule has 0 fully saturated rings. The summed E-state index contributed by atoms with van der Waals surface area (Å²) in [5.74, 6) is -0.330. The summed E-state index contributed by atoms with van der Waals surface area (Å²) < 4.78 is 26.5. The maximum atomic E-state index is 12.6. The molecule has 1 amide bonds. The van der Waals surface area contributed by atoms with Crippen LogP contribution >= 0.6 is 11.3 Å². The molecule has 0 bridgehead atoms. The van der Waals surface area contributed by atoms with E-state index in [1.54, 1.807) is 7.05 Å². The van der Waals surface area contributed by atoms with Crippen molar-refractivity contribution in [2.45, 2.75) is 31.6 Å². The Labute approximate surface area is 181 Å². The fourth-order valence-corrected chi connectivity index (χ4v) is 4.74. The number of unbranched alkanes of at least 4 members (excludes halogenated alkanes) is 1. The van der Waals surface area contributed by atoms with Gasteiger partial charge in [-0.05, 0) is 37.6 Å². The quantitative estimate of drug-likeness (QED) is 0.543. The van der Waals surface area contributed by atoms with Crippen LogP contribution in [-0.2, 0) is 10.0 Å². The highest BCUT2D eigenvalue weighted by Gasteiger charge is 2.20. The van der Waals surface area contributed by atoms with Gasteiger partial charge in [-0.3, -0.25) is 10.1 Å². The standard InChI is InChI=1S/C22H25N3O3S2/c1-4-5-14-25(3)30(27,28)19-12-10-18(11-13-19)21(26)24-22-23-20(15-29-22)17-8-6-16(2)7-9-17/h6-13,15H,4-5,14H2,1-3H3,(H,23,24,26). The Morgan fingerprint density at radius 1 is 1.10 bits per heavy atom. The highest BCUT2D eigenvalue weighted by Crippen LogP contribution is 2.25. The van der Waals surface area contributed by atoms with E-state index in [4.69, 9.17) is 0 Å². The number of benzene rings is 2. The number of aromatic nitrogens is 1. The molecule has 1 aromatic heterocycles. The lowest BCUT2D eigenvalue weighted by Gasteiger charge is -2.16. The third kappa shape index (κ3) is 5.13. The molecule has 2 aromatic carbocycles. The number of rotatable bonds is 8. The van der Waals surface area contributed by atoms with Gasteiger partial charge in [0.15, 0.2) is 5.13 Å². The summed E-state index contributed by atoms with van der Waals surface area (Å²) >= 11 is 1.34. The van der Waals surface area contributed by atoms with Crippen molar-refractivity contribution in [1.29, 1.82) is 0 Å². The summed E-state index contributed by atoms with van der Waals surface area (Å²) in [7, 11) is -1.98. The minimum absolute atomic E-state index is 0.175. The van der Waals surface area contributed by atoms with Crippen LogP contribution in [0.4, 0.5) is 5.13 Å². The topological polar surface area (TPSA) is 79.4 Å². The molecular weight excluding hydrogens is 418 g/mol. The van der Waals surface area contributed by atoms with Gasteiger partial charge in [0.1, 0.15) is 0 Å². The van der Waals surface area contributed by atoms with E-state index in [1.165, 1.54) is 45.5 Å². The summed E-state index contributed by atoms with van der Waals surface area (Å²) in [6.07, 6.45) is 1.72. The Morgan fingerprint density at radius 2 is 1.77 bits per heavy atom. The number of carbonyl (C=O) groups is 1. The molecule has 0 aliphatic rings. The summed E-state index contributed by atoms with van der Waals surface area (Å²) in [5, 5.41) is 5.16. The first-order valence-electron chi connectivity index (χ1n) is 9.71. The minimum Gasteiger partial charge on any atom is -0.298 e. The fraction of sp³-hybridized carbons (Fsp3) is 0.273. The number of sulfonamides is 1. The van der Waals surface area contributed by atoms with E-state index in [0.717, 1.165) is 24.1 Å². The van der Waals surface area contributed by atoms with Crippen molar-refractivity contribution in [1.82, 2.24) is 9.29 Å². The molecule has 0 radical (unpaired) electrons. The summed E-state index contributed by atoms with van der Waals surface area (Å²) in [4.78, 5) is 17.2. The second-order valence-corrected chi connectivity index (χ2v) is 9.97. The number of hydrogen-bond acceptors (Lipinski definition) is 5. The summed E-state index contributed by atoms with van der Waals surface area (Å²) in [6.45, 7) is 4.50. The molecule has 0 aliphatic heterocycles. The smallest absolute Gasteiger partial charge is 0.257 e. The van der Waals surface area contributed by atoms with Gasteiger partial charge in [0, 0.05) is 30.1 Å². The molecule has 8 heteroatoms. The van der Waals surface area contributed by atoms with E-state index in [-0.39, 0.29) is 10.8 Å². The van der Waals surface area contributed by atoms with Crippen LogP contribution in [0.3, 0.4) is 0 Å². The molecule has 1 heterocycles. The zero-order chi connectivity index (χ0) is 21.7. The van der Waals surface area contributed by atoms with Crippen LogP contribution < -0.4 is 5.32 Å². The SMILES string of the molecule is CCCCN(C)S(=O)(=O)c1ccc(C(=O)Nc2nc(-c3ccc(C)cc3)cs2)cc1. The second kappa shape index (κ2) is 9.51. The lowest BCUT2D eigenvalue weighted by Crippen LogP contribution is -2.28. The average Bonchev–Trinajstić information content (AvgIpc) is 3.20. The third-order valence-corrected chi connectivity index (χ3v) is 7.35. The maximum absolute atomic E-state index is 12.6. The van der Waals surface area contributed by atoms with Gasteiger partial charge >= 0.3 is 0 Å². The molecular formula is C22H25N3O3S2. The van der Waals surface area contributed by atoms with E-state index < -0.39 is 10.0 Å². The van der Waals surface area contributed by atoms with E-state index in [0.29, 0.717) is 17.2 Å². The molecule has 1 N–H and O–H groups in total. The predicted octanol–water partition coefficient (Wildman–Crippen LogP) is 4.79. The van der Waals surface area contributed by atoms with Crippen LogP contribution in [0.15, 0.2) is 58.8 Å². The predicted molar refractivity (Wildman–Crippen MR) is 121 cm³/mol. The van der Waals surface area contributed by atoms with Crippen LogP contribution in [0.1, 0.15) is 35.7 Å². The normalized spacial score (nSPS) is 11.6. The Kier molecular flexibility index (Phi) is 7.02. The van der Waals surface area contributed by atoms with Gasteiger partial charge in [0.05, 0.1) is 10.6 Å². The Morgan fingerprint density at radius 3 is 2.40 bits per heavy atom. The molecule has 3 rings (SSSR count). The molecule has 0 saturated heterocycles. The van der Waals surface area contributed by atoms with Crippen LogP contribution in [0.5, 0.6) is 0 Å². The Hall–Kier alpha value is -2.55. The van der Waals surface area contributed by atoms with Crippen molar-refractivity contribution in [3.63, 3.8) is 0 Å². The van der Waals surface area contributed by atoms with Gasteiger partial charge in [-0.2, -0.15) is 0 Å². The van der Waals surface area contributed by atoms with Crippen molar-refractivity contribution in [2.24, 2.45) is 0 Å². The number of hydrogen-bond donors (Lipinski definition) is 1. The molecule has 0 unspecified atom stereocenters. The lowest BCUT2D eigenvalue weighted by molar-refractivity contribution is 0.102. The Bertz CT molecular complexity index is 1110. The minimum atomic E-state index is -3.55. The second-order valence-electron chi connectivity index (χ2n) is 7.06. The molecule has 0 aliphatic carbocycles. The number of nitrogens with one attached hydrogen (secondary N) is 1. The van der Waals surface area contributed by atoms with Crippen molar-refractivity contribution in [2.75, 3.05) is 18.9 Å². The zero-order valence-corrected chi connectivity index (χ0v) is 18.9. The third-order valence-electron chi connectivity index (χ3n) is 4.72. The largest absolute Gasteiger partial charge is 0.298 e. The summed E-state index contributed by atoms with van der Waals surface area (Å²) in [5.41, 5.74) is 3.33. The van der Waals surface area contributed by atoms with E-state index >= 15 is 0 Å².